The smallest absolute Gasteiger partial charge is 0.286 e. The molecule has 0 atom stereocenters. The fourth-order valence-corrected chi connectivity index (χ4v) is 9.70. The topological polar surface area (TPSA) is 82.3 Å². The second-order valence-electron chi connectivity index (χ2n) is 12.6. The monoisotopic (exact) mass is 603 g/mol. The fourth-order valence-electron chi connectivity index (χ4n) is 8.25. The average Bonchev–Trinajstić information content (AvgIpc) is 3.74. The first-order valence-corrected chi connectivity index (χ1v) is 16.8. The van der Waals surface area contributed by atoms with Crippen molar-refractivity contribution in [1.82, 2.24) is 4.90 Å². The van der Waals surface area contributed by atoms with E-state index in [1.165, 1.54) is 48.9 Å². The van der Waals surface area contributed by atoms with Crippen LogP contribution in [0.1, 0.15) is 62.5 Å². The molecule has 1 N–H and O–H groups in total. The highest BCUT2D eigenvalue weighted by Crippen LogP contribution is 2.62. The Labute approximate surface area is 254 Å². The summed E-state index contributed by atoms with van der Waals surface area (Å²) in [6.07, 6.45) is 11.3. The summed E-state index contributed by atoms with van der Waals surface area (Å²) in [5, 5.41) is 11.7. The molecule has 2 aromatic rings. The lowest BCUT2D eigenvalue weighted by molar-refractivity contribution is -0.115. The zero-order valence-corrected chi connectivity index (χ0v) is 25.1. The van der Waals surface area contributed by atoms with Gasteiger partial charge in [0.15, 0.2) is 16.7 Å². The minimum absolute atomic E-state index is 0.0139. The second-order valence-corrected chi connectivity index (χ2v) is 14.5. The van der Waals surface area contributed by atoms with Gasteiger partial charge in [-0.3, -0.25) is 9.59 Å². The van der Waals surface area contributed by atoms with Crippen molar-refractivity contribution in [1.29, 1.82) is 0 Å². The molecule has 4 saturated carbocycles. The number of phenols is 1. The van der Waals surface area contributed by atoms with Crippen LogP contribution in [-0.4, -0.2) is 51.4 Å². The molecule has 0 spiro atoms. The van der Waals surface area contributed by atoms with Gasteiger partial charge in [0.1, 0.15) is 0 Å². The number of carbonyl (C=O) groups excluding carboxylic acids is 2. The summed E-state index contributed by atoms with van der Waals surface area (Å²) in [6, 6.07) is 11.4. The van der Waals surface area contributed by atoms with E-state index < -0.39 is 5.82 Å². The number of phenolic OH excluding ortho intramolecular Hbond substituents is 1. The number of hydrogen-bond donors (Lipinski definition) is 1. The van der Waals surface area contributed by atoms with Crippen molar-refractivity contribution >= 4 is 52.1 Å². The number of likely N-dealkylation sites (tertiary alicyclic amines) is 1. The first-order chi connectivity index (χ1) is 20.3. The number of amidine groups is 1. The number of amides is 2. The molecule has 9 rings (SSSR count). The second kappa shape index (κ2) is 11.3. The third-order valence-corrected chi connectivity index (χ3v) is 11.4. The van der Waals surface area contributed by atoms with E-state index in [0.29, 0.717) is 28.4 Å². The molecule has 7 aliphatic rings. The van der Waals surface area contributed by atoms with E-state index in [9.17, 15) is 14.7 Å². The summed E-state index contributed by atoms with van der Waals surface area (Å²) in [5.41, 5.74) is 4.87. The largest absolute Gasteiger partial charge is 0.505 e. The average molecular weight is 604 g/mol. The number of rotatable bonds is 3. The van der Waals surface area contributed by atoms with Crippen molar-refractivity contribution < 1.29 is 19.1 Å². The van der Waals surface area contributed by atoms with Gasteiger partial charge in [0.25, 0.3) is 11.8 Å². The molecule has 4 aliphatic carbocycles. The van der Waals surface area contributed by atoms with Crippen LogP contribution in [0.5, 0.6) is 5.75 Å². The van der Waals surface area contributed by atoms with Gasteiger partial charge in [0, 0.05) is 18.7 Å². The zero-order valence-electron chi connectivity index (χ0n) is 23.4. The van der Waals surface area contributed by atoms with Crippen LogP contribution in [-0.2, 0) is 15.0 Å². The summed E-state index contributed by atoms with van der Waals surface area (Å²) in [5.74, 6) is 1.79. The maximum absolute atomic E-state index is 15.2. The predicted octanol–water partition coefficient (Wildman–Crippen LogP) is 7.02. The quantitative estimate of drug-likeness (QED) is 0.380. The Morgan fingerprint density at radius 2 is 1.69 bits per heavy atom. The van der Waals surface area contributed by atoms with Crippen LogP contribution in [0.3, 0.4) is 0 Å². The molecular formula is C33H34FN3O3S2. The van der Waals surface area contributed by atoms with E-state index in [-0.39, 0.29) is 23.0 Å². The van der Waals surface area contributed by atoms with Gasteiger partial charge in [-0.2, -0.15) is 4.99 Å². The molecule has 42 heavy (non-hydrogen) atoms. The highest BCUT2D eigenvalue weighted by Gasteiger charge is 2.52. The van der Waals surface area contributed by atoms with Crippen LogP contribution in [0.15, 0.2) is 51.3 Å². The Kier molecular flexibility index (Phi) is 7.51. The number of nitrogens with zero attached hydrogens (tertiary/aromatic N) is 3. The fraction of sp³-hybridized carbons (Fsp3) is 0.455. The van der Waals surface area contributed by atoms with Crippen LogP contribution in [0.25, 0.3) is 17.2 Å². The van der Waals surface area contributed by atoms with Crippen LogP contribution in [0.2, 0.25) is 0 Å². The molecule has 3 heterocycles. The molecule has 0 aromatic heterocycles. The maximum atomic E-state index is 15.2. The van der Waals surface area contributed by atoms with E-state index in [4.69, 9.17) is 0 Å². The molecule has 1 saturated heterocycles. The molecule has 2 amide bonds. The molecule has 0 radical (unpaired) electrons. The lowest BCUT2D eigenvalue weighted by Crippen LogP contribution is -2.48. The van der Waals surface area contributed by atoms with Gasteiger partial charge in [-0.05, 0) is 127 Å². The minimum Gasteiger partial charge on any atom is -0.505 e. The summed E-state index contributed by atoms with van der Waals surface area (Å²) in [4.78, 5) is 33.1. The van der Waals surface area contributed by atoms with E-state index >= 15 is 4.39 Å². The Morgan fingerprint density at radius 1 is 0.976 bits per heavy atom. The molecule has 4 bridgehead atoms. The molecule has 9 heteroatoms. The van der Waals surface area contributed by atoms with E-state index in [0.717, 1.165) is 72.6 Å². The molecular weight excluding hydrogens is 570 g/mol. The molecule has 218 valence electrons. The highest BCUT2D eigenvalue weighted by molar-refractivity contribution is 8.18. The standard InChI is InChI=1S/C30H31FN2O2S.C3H3NOS/c31-25-14-23(13-24(27(25)34)30-15-19-8-20(16-30)10-21(9-19)17-30)22-5-3-4-18(11-22)12-26-28(35)32-29(36-26)33-6-1-2-7-33;5-3-1-6-2-4-3/h3-5,11-14,19-21,34H,1-2,6-10,15-17H2;2H,1H2. The normalized spacial score (nSPS) is 30.3. The lowest BCUT2D eigenvalue weighted by atomic mass is 9.48. The van der Waals surface area contributed by atoms with Gasteiger partial charge >= 0.3 is 0 Å². The summed E-state index contributed by atoms with van der Waals surface area (Å²) in [6.45, 7) is 1.92. The number of aromatic hydroxyl groups is 1. The van der Waals surface area contributed by atoms with Crippen LogP contribution in [0, 0.1) is 23.6 Å². The first-order valence-electron chi connectivity index (χ1n) is 14.9. The van der Waals surface area contributed by atoms with Gasteiger partial charge in [0.2, 0.25) is 0 Å². The number of carbonyl (C=O) groups is 2. The van der Waals surface area contributed by atoms with Crippen molar-refractivity contribution in [3.05, 3.63) is 58.2 Å². The number of hydrogen-bond acceptors (Lipinski definition) is 6. The van der Waals surface area contributed by atoms with E-state index in [2.05, 4.69) is 14.9 Å². The lowest BCUT2D eigenvalue weighted by Gasteiger charge is -2.57. The van der Waals surface area contributed by atoms with Crippen LogP contribution >= 0.6 is 23.5 Å². The van der Waals surface area contributed by atoms with Gasteiger partial charge in [0.05, 0.1) is 16.2 Å². The van der Waals surface area contributed by atoms with Crippen molar-refractivity contribution in [2.24, 2.45) is 27.7 Å². The van der Waals surface area contributed by atoms with Crippen molar-refractivity contribution in [3.63, 3.8) is 0 Å². The Balaban J connectivity index is 0.000000430. The molecule has 6 nitrogen and oxygen atoms in total. The third kappa shape index (κ3) is 5.46. The van der Waals surface area contributed by atoms with Gasteiger partial charge in [-0.1, -0.05) is 18.2 Å². The first kappa shape index (κ1) is 27.9. The summed E-state index contributed by atoms with van der Waals surface area (Å²) in [7, 11) is 0. The number of aliphatic imine (C=N–C) groups is 2. The van der Waals surface area contributed by atoms with Gasteiger partial charge in [-0.15, -0.1) is 11.8 Å². The van der Waals surface area contributed by atoms with Crippen molar-refractivity contribution in [3.8, 4) is 16.9 Å². The predicted molar refractivity (Wildman–Crippen MR) is 168 cm³/mol. The Hall–Kier alpha value is -2.91. The molecule has 0 unspecified atom stereocenters. The summed E-state index contributed by atoms with van der Waals surface area (Å²) >= 11 is 2.89. The van der Waals surface area contributed by atoms with E-state index in [1.54, 1.807) is 5.55 Å². The van der Waals surface area contributed by atoms with Crippen molar-refractivity contribution in [2.45, 2.75) is 56.8 Å². The SMILES string of the molecule is O=C1CSC=N1.O=C1N=C(N2CCCC2)SC1=Cc1cccc(-c2cc(F)c(O)c(C34CC5CC(CC(C5)C3)C4)c2)c1. The maximum Gasteiger partial charge on any atom is 0.286 e. The van der Waals surface area contributed by atoms with E-state index in [1.807, 2.05) is 36.4 Å². The number of thioether (sulfide) groups is 2. The zero-order chi connectivity index (χ0) is 28.8. The molecule has 2 aromatic carbocycles. The van der Waals surface area contributed by atoms with Crippen LogP contribution < -0.4 is 0 Å². The van der Waals surface area contributed by atoms with Crippen molar-refractivity contribution in [2.75, 3.05) is 18.8 Å². The molecule has 3 aliphatic heterocycles. The van der Waals surface area contributed by atoms with Gasteiger partial charge < -0.3 is 10.0 Å². The molecule has 5 fully saturated rings. The Bertz CT molecular complexity index is 1490. The highest BCUT2D eigenvalue weighted by atomic mass is 32.2. The number of benzene rings is 2. The van der Waals surface area contributed by atoms with Crippen LogP contribution in [0.4, 0.5) is 4.39 Å². The minimum atomic E-state index is -0.535. The summed E-state index contributed by atoms with van der Waals surface area (Å²) < 4.78 is 15.2. The van der Waals surface area contributed by atoms with Gasteiger partial charge in [-0.25, -0.2) is 9.38 Å². The third-order valence-electron chi connectivity index (χ3n) is 9.65. The number of halogens is 1. The Morgan fingerprint density at radius 3 is 2.31 bits per heavy atom.